The van der Waals surface area contributed by atoms with Gasteiger partial charge in [-0.1, -0.05) is 12.1 Å². The largest absolute Gasteiger partial charge is 0.369 e. The SMILES string of the molecule is CN(C)/C=N/c1cc[c]cc1. The molecule has 2 nitrogen and oxygen atoms in total. The van der Waals surface area contributed by atoms with Gasteiger partial charge in [-0.05, 0) is 18.2 Å². The van der Waals surface area contributed by atoms with Gasteiger partial charge in [0.05, 0.1) is 12.0 Å². The summed E-state index contributed by atoms with van der Waals surface area (Å²) < 4.78 is 0. The Labute approximate surface area is 67.2 Å². The van der Waals surface area contributed by atoms with Crippen LogP contribution in [0.25, 0.3) is 0 Å². The van der Waals surface area contributed by atoms with E-state index in [9.17, 15) is 0 Å². The van der Waals surface area contributed by atoms with Gasteiger partial charge in [-0.3, -0.25) is 0 Å². The quantitative estimate of drug-likeness (QED) is 0.459. The van der Waals surface area contributed by atoms with Crippen molar-refractivity contribution in [3.8, 4) is 0 Å². The molecule has 0 atom stereocenters. The lowest BCUT2D eigenvalue weighted by molar-refractivity contribution is 0.643. The van der Waals surface area contributed by atoms with Crippen LogP contribution in [-0.4, -0.2) is 25.3 Å². The molecule has 2 heteroatoms. The van der Waals surface area contributed by atoms with E-state index in [1.54, 1.807) is 6.34 Å². The van der Waals surface area contributed by atoms with Gasteiger partial charge in [-0.2, -0.15) is 0 Å². The van der Waals surface area contributed by atoms with Gasteiger partial charge in [0.1, 0.15) is 0 Å². The van der Waals surface area contributed by atoms with Crippen LogP contribution in [0, 0.1) is 6.07 Å². The number of rotatable bonds is 2. The predicted octanol–water partition coefficient (Wildman–Crippen LogP) is 1.71. The molecule has 0 saturated carbocycles. The third-order valence-electron chi connectivity index (χ3n) is 1.14. The minimum absolute atomic E-state index is 0.956. The van der Waals surface area contributed by atoms with E-state index < -0.39 is 0 Å². The number of hydrogen-bond donors (Lipinski definition) is 0. The molecule has 0 unspecified atom stereocenters. The Morgan fingerprint density at radius 1 is 1.36 bits per heavy atom. The monoisotopic (exact) mass is 147 g/mol. The molecule has 0 N–H and O–H groups in total. The Kier molecular flexibility index (Phi) is 2.66. The fraction of sp³-hybridized carbons (Fsp3) is 0.222. The van der Waals surface area contributed by atoms with Gasteiger partial charge in [0.25, 0.3) is 0 Å². The summed E-state index contributed by atoms with van der Waals surface area (Å²) in [6.45, 7) is 0. The molecule has 0 aliphatic rings. The lowest BCUT2D eigenvalue weighted by Gasteiger charge is -2.01. The van der Waals surface area contributed by atoms with Crippen molar-refractivity contribution in [3.63, 3.8) is 0 Å². The topological polar surface area (TPSA) is 15.6 Å². The van der Waals surface area contributed by atoms with Crippen LogP contribution >= 0.6 is 0 Å². The fourth-order valence-corrected chi connectivity index (χ4v) is 0.646. The Morgan fingerprint density at radius 2 is 2.00 bits per heavy atom. The second-order valence-corrected chi connectivity index (χ2v) is 2.47. The van der Waals surface area contributed by atoms with E-state index in [0.29, 0.717) is 0 Å². The van der Waals surface area contributed by atoms with Gasteiger partial charge in [-0.25, -0.2) is 4.99 Å². The van der Waals surface area contributed by atoms with E-state index in [1.165, 1.54) is 0 Å². The minimum atomic E-state index is 0.956. The highest BCUT2D eigenvalue weighted by molar-refractivity contribution is 5.60. The molecule has 0 saturated heterocycles. The molecule has 1 aromatic carbocycles. The fourth-order valence-electron chi connectivity index (χ4n) is 0.646. The zero-order valence-electron chi connectivity index (χ0n) is 6.78. The normalized spacial score (nSPS) is 10.4. The van der Waals surface area contributed by atoms with E-state index in [1.807, 2.05) is 43.3 Å². The molecule has 0 amide bonds. The van der Waals surface area contributed by atoms with E-state index >= 15 is 0 Å². The van der Waals surface area contributed by atoms with Crippen molar-refractivity contribution in [2.75, 3.05) is 14.1 Å². The van der Waals surface area contributed by atoms with Crippen LogP contribution in [0.1, 0.15) is 0 Å². The molecule has 0 bridgehead atoms. The molecule has 0 aliphatic carbocycles. The number of hydrogen-bond acceptors (Lipinski definition) is 1. The van der Waals surface area contributed by atoms with Crippen molar-refractivity contribution in [1.29, 1.82) is 0 Å². The summed E-state index contributed by atoms with van der Waals surface area (Å²) in [5.74, 6) is 0. The van der Waals surface area contributed by atoms with Crippen molar-refractivity contribution in [1.82, 2.24) is 4.90 Å². The molecular formula is C9H11N2. The van der Waals surface area contributed by atoms with E-state index in [0.717, 1.165) is 5.69 Å². The first-order valence-corrected chi connectivity index (χ1v) is 3.46. The van der Waals surface area contributed by atoms with E-state index in [2.05, 4.69) is 11.1 Å². The third kappa shape index (κ3) is 2.85. The Hall–Kier alpha value is -1.31. The molecule has 0 heterocycles. The molecule has 11 heavy (non-hydrogen) atoms. The van der Waals surface area contributed by atoms with Gasteiger partial charge in [0.2, 0.25) is 0 Å². The zero-order valence-corrected chi connectivity index (χ0v) is 6.78. The highest BCUT2D eigenvalue weighted by Gasteiger charge is 1.82. The summed E-state index contributed by atoms with van der Waals surface area (Å²) in [4.78, 5) is 6.09. The van der Waals surface area contributed by atoms with Crippen molar-refractivity contribution in [2.45, 2.75) is 0 Å². The maximum atomic E-state index is 4.19. The molecule has 57 valence electrons. The van der Waals surface area contributed by atoms with Crippen LogP contribution < -0.4 is 0 Å². The molecule has 0 aliphatic heterocycles. The maximum Gasteiger partial charge on any atom is 0.0907 e. The summed E-state index contributed by atoms with van der Waals surface area (Å²) in [5, 5.41) is 0. The molecule has 0 fully saturated rings. The lowest BCUT2D eigenvalue weighted by atomic mass is 10.3. The average Bonchev–Trinajstić information content (AvgIpc) is 2.03. The molecule has 1 radical (unpaired) electrons. The van der Waals surface area contributed by atoms with Crippen LogP contribution in [0.5, 0.6) is 0 Å². The molecule has 0 aromatic heterocycles. The Bertz CT molecular complexity index is 227. The molecule has 0 spiro atoms. The van der Waals surface area contributed by atoms with Crippen molar-refractivity contribution < 1.29 is 0 Å². The van der Waals surface area contributed by atoms with Gasteiger partial charge in [0, 0.05) is 14.1 Å². The first-order valence-electron chi connectivity index (χ1n) is 3.46. The molecule has 1 aromatic rings. The molecule has 1 rings (SSSR count). The first-order chi connectivity index (χ1) is 5.29. The predicted molar refractivity (Wildman–Crippen MR) is 47.1 cm³/mol. The lowest BCUT2D eigenvalue weighted by Crippen LogP contribution is -2.06. The Morgan fingerprint density at radius 3 is 2.55 bits per heavy atom. The van der Waals surface area contributed by atoms with Crippen molar-refractivity contribution in [3.05, 3.63) is 30.3 Å². The van der Waals surface area contributed by atoms with Crippen LogP contribution in [0.4, 0.5) is 5.69 Å². The van der Waals surface area contributed by atoms with E-state index in [-0.39, 0.29) is 0 Å². The number of benzene rings is 1. The average molecular weight is 147 g/mol. The highest BCUT2D eigenvalue weighted by atomic mass is 15.1. The summed E-state index contributed by atoms with van der Waals surface area (Å²) in [6.07, 6.45) is 1.77. The standard InChI is InChI=1S/C9H11N2/c1-11(2)8-10-9-6-4-3-5-7-9/h4-8H,1-2H3/b10-8+. The van der Waals surface area contributed by atoms with Gasteiger partial charge in [-0.15, -0.1) is 0 Å². The number of nitrogens with zero attached hydrogens (tertiary/aromatic N) is 2. The summed E-state index contributed by atoms with van der Waals surface area (Å²) in [6, 6.07) is 10.5. The van der Waals surface area contributed by atoms with Crippen LogP contribution in [0.2, 0.25) is 0 Å². The van der Waals surface area contributed by atoms with Gasteiger partial charge < -0.3 is 4.90 Å². The minimum Gasteiger partial charge on any atom is -0.369 e. The van der Waals surface area contributed by atoms with E-state index in [4.69, 9.17) is 0 Å². The van der Waals surface area contributed by atoms with Crippen LogP contribution in [0.3, 0.4) is 0 Å². The third-order valence-corrected chi connectivity index (χ3v) is 1.14. The molecular weight excluding hydrogens is 136 g/mol. The number of aliphatic imine (C=N–C) groups is 1. The summed E-state index contributed by atoms with van der Waals surface area (Å²) in [5.41, 5.74) is 0.956. The van der Waals surface area contributed by atoms with Crippen molar-refractivity contribution >= 4 is 12.0 Å². The van der Waals surface area contributed by atoms with Gasteiger partial charge >= 0.3 is 0 Å². The zero-order chi connectivity index (χ0) is 8.10. The first kappa shape index (κ1) is 7.79. The Balaban J connectivity index is 2.65. The summed E-state index contributed by atoms with van der Waals surface area (Å²) in [7, 11) is 3.89. The smallest absolute Gasteiger partial charge is 0.0907 e. The second-order valence-electron chi connectivity index (χ2n) is 2.47. The highest BCUT2D eigenvalue weighted by Crippen LogP contribution is 2.07. The summed E-state index contributed by atoms with van der Waals surface area (Å²) >= 11 is 0. The van der Waals surface area contributed by atoms with Crippen LogP contribution in [-0.2, 0) is 0 Å². The van der Waals surface area contributed by atoms with Gasteiger partial charge in [0.15, 0.2) is 0 Å². The second kappa shape index (κ2) is 3.76. The van der Waals surface area contributed by atoms with Crippen LogP contribution in [0.15, 0.2) is 29.3 Å². The van der Waals surface area contributed by atoms with Crippen molar-refractivity contribution in [2.24, 2.45) is 4.99 Å². The maximum absolute atomic E-state index is 4.19.